The first-order valence-corrected chi connectivity index (χ1v) is 10.6. The van der Waals surface area contributed by atoms with Crippen LogP contribution in [-0.4, -0.2) is 42.1 Å². The number of nitrogens with zero attached hydrogens (tertiary/aromatic N) is 1. The predicted octanol–water partition coefficient (Wildman–Crippen LogP) is 3.47. The molecule has 0 spiro atoms. The van der Waals surface area contributed by atoms with Crippen molar-refractivity contribution in [2.24, 2.45) is 0 Å². The molecule has 1 aliphatic heterocycles. The van der Waals surface area contributed by atoms with Crippen LogP contribution in [0, 0.1) is 3.57 Å². The van der Waals surface area contributed by atoms with Crippen LogP contribution in [0.4, 0.5) is 10.5 Å². The van der Waals surface area contributed by atoms with E-state index in [4.69, 9.17) is 26.2 Å². The Bertz CT molecular complexity index is 1130. The van der Waals surface area contributed by atoms with Crippen LogP contribution in [0.2, 0.25) is 5.02 Å². The van der Waals surface area contributed by atoms with Gasteiger partial charge in [0.2, 0.25) is 0 Å². The summed E-state index contributed by atoms with van der Waals surface area (Å²) in [6.07, 6.45) is 1.32. The Hall–Kier alpha value is -3.12. The van der Waals surface area contributed by atoms with Crippen LogP contribution in [0.3, 0.4) is 0 Å². The third kappa shape index (κ3) is 5.19. The van der Waals surface area contributed by atoms with Crippen LogP contribution in [0.1, 0.15) is 12.5 Å². The lowest BCUT2D eigenvalue weighted by Gasteiger charge is -2.26. The molecule has 0 unspecified atom stereocenters. The Kier molecular flexibility index (Phi) is 7.36. The first-order valence-electron chi connectivity index (χ1n) is 9.19. The highest BCUT2D eigenvalue weighted by Gasteiger charge is 2.36. The molecule has 1 heterocycles. The number of nitrogens with one attached hydrogen (secondary N) is 1. The minimum absolute atomic E-state index is 0.231. The van der Waals surface area contributed by atoms with Crippen molar-refractivity contribution in [1.29, 1.82) is 0 Å². The lowest BCUT2D eigenvalue weighted by atomic mass is 10.1. The van der Waals surface area contributed by atoms with Crippen LogP contribution in [0.5, 0.6) is 11.5 Å². The van der Waals surface area contributed by atoms with E-state index in [0.29, 0.717) is 14.2 Å². The number of amides is 4. The van der Waals surface area contributed by atoms with E-state index < -0.39 is 30.4 Å². The van der Waals surface area contributed by atoms with Crippen LogP contribution < -0.4 is 19.7 Å². The Morgan fingerprint density at radius 3 is 2.50 bits per heavy atom. The number of benzene rings is 2. The first kappa shape index (κ1) is 23.5. The summed E-state index contributed by atoms with van der Waals surface area (Å²) in [7, 11) is 0. The average molecular weight is 571 g/mol. The highest BCUT2D eigenvalue weighted by atomic mass is 127. The molecule has 0 atom stereocenters. The van der Waals surface area contributed by atoms with E-state index in [2.05, 4.69) is 5.32 Å². The molecule has 2 aromatic carbocycles. The van der Waals surface area contributed by atoms with Gasteiger partial charge in [0, 0.05) is 5.02 Å². The number of urea groups is 1. The summed E-state index contributed by atoms with van der Waals surface area (Å²) in [4.78, 5) is 49.4. The van der Waals surface area contributed by atoms with Gasteiger partial charge in [-0.2, -0.15) is 0 Å². The molecular formula is C21H16ClIN2O7. The number of halogens is 2. The summed E-state index contributed by atoms with van der Waals surface area (Å²) in [5, 5.41) is 11.4. The number of barbiturate groups is 1. The predicted molar refractivity (Wildman–Crippen MR) is 124 cm³/mol. The number of carbonyl (C=O) groups excluding carboxylic acids is 3. The van der Waals surface area contributed by atoms with Gasteiger partial charge in [0.25, 0.3) is 11.8 Å². The van der Waals surface area contributed by atoms with Crippen molar-refractivity contribution in [1.82, 2.24) is 5.32 Å². The van der Waals surface area contributed by atoms with Crippen LogP contribution in [0.25, 0.3) is 6.08 Å². The summed E-state index contributed by atoms with van der Waals surface area (Å²) in [6, 6.07) is 8.24. The highest BCUT2D eigenvalue weighted by Crippen LogP contribution is 2.35. The summed E-state index contributed by atoms with van der Waals surface area (Å²) < 4.78 is 11.4. The molecule has 2 aromatic rings. The van der Waals surface area contributed by atoms with E-state index in [-0.39, 0.29) is 29.4 Å². The van der Waals surface area contributed by atoms with Crippen LogP contribution in [-0.2, 0) is 14.4 Å². The standard InChI is InChI=1S/C21H16ClIN2O7/c1-2-31-16-9-11(8-15(23)18(16)32-10-17(26)27)7-14-19(28)24-21(30)25(20(14)29)13-5-3-12(22)4-6-13/h3-9H,2,10H2,1H3,(H,26,27)(H,24,28,30)/b14-7+. The molecule has 4 amide bonds. The van der Waals surface area contributed by atoms with Crippen molar-refractivity contribution in [3.05, 3.63) is 56.1 Å². The molecule has 1 saturated heterocycles. The molecule has 11 heteroatoms. The number of carbonyl (C=O) groups is 4. The summed E-state index contributed by atoms with van der Waals surface area (Å²) in [5.41, 5.74) is 0.402. The number of carboxylic acids is 1. The zero-order valence-corrected chi connectivity index (χ0v) is 19.5. The van der Waals surface area contributed by atoms with E-state index in [1.54, 1.807) is 13.0 Å². The van der Waals surface area contributed by atoms with Gasteiger partial charge in [-0.25, -0.2) is 14.5 Å². The molecule has 32 heavy (non-hydrogen) atoms. The quantitative estimate of drug-likeness (QED) is 0.297. The fourth-order valence-electron chi connectivity index (χ4n) is 2.86. The second kappa shape index (κ2) is 10.0. The van der Waals surface area contributed by atoms with Gasteiger partial charge in [0.15, 0.2) is 18.1 Å². The monoisotopic (exact) mass is 570 g/mol. The number of hydrogen-bond acceptors (Lipinski definition) is 6. The minimum atomic E-state index is -1.15. The smallest absolute Gasteiger partial charge is 0.341 e. The number of hydrogen-bond donors (Lipinski definition) is 2. The van der Waals surface area contributed by atoms with Crippen molar-refractivity contribution in [3.63, 3.8) is 0 Å². The SMILES string of the molecule is CCOc1cc(/C=C2\C(=O)NC(=O)N(c3ccc(Cl)cc3)C2=O)cc(I)c1OCC(=O)O. The van der Waals surface area contributed by atoms with Crippen molar-refractivity contribution < 1.29 is 33.8 Å². The third-order valence-electron chi connectivity index (χ3n) is 4.17. The summed E-state index contributed by atoms with van der Waals surface area (Å²) in [5.74, 6) is -2.31. The molecule has 3 rings (SSSR count). The topological polar surface area (TPSA) is 122 Å². The average Bonchev–Trinajstić information content (AvgIpc) is 2.72. The maximum atomic E-state index is 13.0. The molecule has 1 fully saturated rings. The van der Waals surface area contributed by atoms with Gasteiger partial charge >= 0.3 is 12.0 Å². The number of aliphatic carboxylic acids is 1. The number of rotatable bonds is 7. The Labute approximate surface area is 201 Å². The molecule has 0 aliphatic carbocycles. The molecule has 1 aliphatic rings. The molecule has 0 aromatic heterocycles. The summed E-state index contributed by atoms with van der Waals surface area (Å²) in [6.45, 7) is 1.46. The molecular weight excluding hydrogens is 555 g/mol. The Morgan fingerprint density at radius 1 is 1.19 bits per heavy atom. The fraction of sp³-hybridized carbons (Fsp3) is 0.143. The van der Waals surface area contributed by atoms with Crippen LogP contribution >= 0.6 is 34.2 Å². The van der Waals surface area contributed by atoms with Gasteiger partial charge in [-0.15, -0.1) is 0 Å². The Balaban J connectivity index is 2.00. The second-order valence-corrected chi connectivity index (χ2v) is 7.98. The molecule has 0 saturated carbocycles. The number of anilines is 1. The van der Waals surface area contributed by atoms with E-state index in [1.807, 2.05) is 22.6 Å². The Morgan fingerprint density at radius 2 is 1.88 bits per heavy atom. The van der Waals surface area contributed by atoms with Crippen molar-refractivity contribution in [2.75, 3.05) is 18.1 Å². The first-order chi connectivity index (χ1) is 15.2. The molecule has 2 N–H and O–H groups in total. The van der Waals surface area contributed by atoms with E-state index in [9.17, 15) is 19.2 Å². The lowest BCUT2D eigenvalue weighted by molar-refractivity contribution is -0.139. The molecule has 0 bridgehead atoms. The normalized spacial score (nSPS) is 15.0. The van der Waals surface area contributed by atoms with Gasteiger partial charge in [-0.05, 0) is 77.6 Å². The van der Waals surface area contributed by atoms with E-state index >= 15 is 0 Å². The van der Waals surface area contributed by atoms with Crippen molar-refractivity contribution in [3.8, 4) is 11.5 Å². The fourth-order valence-corrected chi connectivity index (χ4v) is 3.76. The van der Waals surface area contributed by atoms with Gasteiger partial charge < -0.3 is 14.6 Å². The second-order valence-electron chi connectivity index (χ2n) is 6.38. The highest BCUT2D eigenvalue weighted by molar-refractivity contribution is 14.1. The number of ether oxygens (including phenoxy) is 2. The molecule has 9 nitrogen and oxygen atoms in total. The maximum Gasteiger partial charge on any atom is 0.341 e. The molecule has 166 valence electrons. The van der Waals surface area contributed by atoms with Crippen LogP contribution in [0.15, 0.2) is 42.0 Å². The third-order valence-corrected chi connectivity index (χ3v) is 5.22. The minimum Gasteiger partial charge on any atom is -0.490 e. The van der Waals surface area contributed by atoms with Crippen molar-refractivity contribution in [2.45, 2.75) is 6.92 Å². The van der Waals surface area contributed by atoms with Gasteiger partial charge in [0.05, 0.1) is 15.9 Å². The number of carboxylic acid groups (broad SMARTS) is 1. The van der Waals surface area contributed by atoms with Gasteiger partial charge in [-0.3, -0.25) is 14.9 Å². The summed E-state index contributed by atoms with van der Waals surface area (Å²) >= 11 is 7.80. The van der Waals surface area contributed by atoms with Gasteiger partial charge in [-0.1, -0.05) is 11.6 Å². The molecule has 0 radical (unpaired) electrons. The zero-order chi connectivity index (χ0) is 23.4. The van der Waals surface area contributed by atoms with E-state index in [1.165, 1.54) is 36.4 Å². The maximum absolute atomic E-state index is 13.0. The van der Waals surface area contributed by atoms with Gasteiger partial charge in [0.1, 0.15) is 5.57 Å². The van der Waals surface area contributed by atoms with E-state index in [0.717, 1.165) is 4.90 Å². The number of imide groups is 2. The zero-order valence-electron chi connectivity index (χ0n) is 16.6. The van der Waals surface area contributed by atoms with Crippen molar-refractivity contribution >= 4 is 69.8 Å². The lowest BCUT2D eigenvalue weighted by Crippen LogP contribution is -2.54. The largest absolute Gasteiger partial charge is 0.490 e.